The minimum atomic E-state index is -0.826. The molecule has 0 spiro atoms. The number of aromatic hydroxyl groups is 1. The maximum absolute atomic E-state index is 10.6. The molecule has 3 rings (SSSR count). The number of phenolic OH excluding ortho intramolecular Hbond substituents is 1. The number of hydrogen-bond acceptors (Lipinski definition) is 6. The van der Waals surface area contributed by atoms with Crippen LogP contribution in [0.5, 0.6) is 17.2 Å². The Morgan fingerprint density at radius 3 is 2.59 bits per heavy atom. The Labute approximate surface area is 200 Å². The summed E-state index contributed by atoms with van der Waals surface area (Å²) in [4.78, 5) is 0. The predicted octanol–water partition coefficient (Wildman–Crippen LogP) is 5.31. The number of para-hydroxylation sites is 1. The molecule has 0 unspecified atom stereocenters. The van der Waals surface area contributed by atoms with Crippen LogP contribution in [0.2, 0.25) is 0 Å². The van der Waals surface area contributed by atoms with E-state index in [9.17, 15) is 15.3 Å². The van der Waals surface area contributed by atoms with Gasteiger partial charge in [-0.3, -0.25) is 0 Å². The lowest BCUT2D eigenvalue weighted by Gasteiger charge is -2.13. The Hall–Kier alpha value is -2.71. The van der Waals surface area contributed by atoms with Crippen LogP contribution in [0, 0.1) is 3.57 Å². The molecule has 0 bridgehead atoms. The molecule has 3 N–H and O–H groups in total. The van der Waals surface area contributed by atoms with E-state index < -0.39 is 12.2 Å². The number of halogens is 1. The van der Waals surface area contributed by atoms with Crippen LogP contribution in [0.3, 0.4) is 0 Å². The summed E-state index contributed by atoms with van der Waals surface area (Å²) in [5.74, 6) is 1.54. The fourth-order valence-electron chi connectivity index (χ4n) is 3.05. The second-order valence-electron chi connectivity index (χ2n) is 7.09. The number of hydrogen-bond donors (Lipinski definition) is 3. The van der Waals surface area contributed by atoms with E-state index in [2.05, 4.69) is 5.73 Å². The number of benzene rings is 2. The van der Waals surface area contributed by atoms with Gasteiger partial charge in [0.1, 0.15) is 24.2 Å². The molecule has 0 saturated heterocycles. The number of rotatable bonds is 10. The minimum Gasteiger partial charge on any atom is -0.504 e. The van der Waals surface area contributed by atoms with Gasteiger partial charge >= 0.3 is 0 Å². The first-order valence-corrected chi connectivity index (χ1v) is 11.1. The average Bonchev–Trinajstić information content (AvgIpc) is 3.35. The molecular formula is C25H25IO6. The van der Waals surface area contributed by atoms with Crippen molar-refractivity contribution >= 4 is 22.6 Å². The van der Waals surface area contributed by atoms with Crippen molar-refractivity contribution < 1.29 is 29.2 Å². The molecule has 0 aliphatic heterocycles. The summed E-state index contributed by atoms with van der Waals surface area (Å²) in [5, 5.41) is 31.0. The van der Waals surface area contributed by atoms with E-state index in [4.69, 9.17) is 13.9 Å². The van der Waals surface area contributed by atoms with E-state index in [1.54, 1.807) is 30.3 Å². The zero-order chi connectivity index (χ0) is 22.9. The van der Waals surface area contributed by atoms with Crippen LogP contribution in [0.4, 0.5) is 0 Å². The highest BCUT2D eigenvalue weighted by Gasteiger charge is 2.15. The lowest BCUT2D eigenvalue weighted by atomic mass is 10.0. The fourth-order valence-corrected chi connectivity index (χ4v) is 3.68. The van der Waals surface area contributed by atoms with Crippen molar-refractivity contribution in [2.45, 2.75) is 25.0 Å². The molecule has 0 fully saturated rings. The third-order valence-corrected chi connectivity index (χ3v) is 5.59. The van der Waals surface area contributed by atoms with Gasteiger partial charge in [0.2, 0.25) is 0 Å². The largest absolute Gasteiger partial charge is 0.504 e. The third kappa shape index (κ3) is 6.64. The quantitative estimate of drug-likeness (QED) is 0.235. The highest BCUT2D eigenvalue weighted by Crippen LogP contribution is 2.35. The molecular weight excluding hydrogens is 523 g/mol. The SMILES string of the molecule is COc1cc([C@H](O)CC=C=C(COc2ccccc2)C[C@@H](O)c2ccco2)cc(I)c1O. The number of aliphatic hydroxyl groups excluding tert-OH is 2. The van der Waals surface area contributed by atoms with E-state index in [0.717, 1.165) is 5.57 Å². The molecule has 0 radical (unpaired) electrons. The van der Waals surface area contributed by atoms with Gasteiger partial charge in [0.05, 0.1) is 23.0 Å². The van der Waals surface area contributed by atoms with Gasteiger partial charge < -0.3 is 29.2 Å². The molecule has 1 heterocycles. The maximum atomic E-state index is 10.6. The van der Waals surface area contributed by atoms with E-state index in [-0.39, 0.29) is 25.2 Å². The monoisotopic (exact) mass is 548 g/mol. The van der Waals surface area contributed by atoms with Gasteiger partial charge in [0.15, 0.2) is 11.5 Å². The minimum absolute atomic E-state index is 0.0479. The van der Waals surface area contributed by atoms with Crippen LogP contribution in [-0.4, -0.2) is 29.0 Å². The number of ether oxygens (including phenoxy) is 2. The molecule has 0 aliphatic carbocycles. The normalized spacial score (nSPS) is 12.5. The summed E-state index contributed by atoms with van der Waals surface area (Å²) in [6.45, 7) is 0.235. The molecule has 2 atom stereocenters. The fraction of sp³-hybridized carbons (Fsp3) is 0.240. The van der Waals surface area contributed by atoms with Crippen LogP contribution in [0.1, 0.15) is 36.4 Å². The zero-order valence-corrected chi connectivity index (χ0v) is 19.7. The van der Waals surface area contributed by atoms with Gasteiger partial charge in [-0.05, 0) is 70.6 Å². The standard InChI is InChI=1S/C25H25IO6/c1-30-24-15-18(14-20(26)25(24)29)21(27)10-5-7-17(13-22(28)23-11-6-12-31-23)16-32-19-8-3-2-4-9-19/h2-6,8-9,11-12,14-15,21-22,27-29H,10,13,16H2,1H3/t7?,21-,22-/m1/s1. The van der Waals surface area contributed by atoms with E-state index in [1.165, 1.54) is 13.4 Å². The first-order valence-electron chi connectivity index (χ1n) is 10.0. The Bertz CT molecular complexity index is 1060. The summed E-state index contributed by atoms with van der Waals surface area (Å²) in [5.41, 5.74) is 4.51. The van der Waals surface area contributed by atoms with Gasteiger partial charge in [-0.2, -0.15) is 0 Å². The Morgan fingerprint density at radius 1 is 1.12 bits per heavy atom. The molecule has 0 amide bonds. The van der Waals surface area contributed by atoms with Crippen molar-refractivity contribution in [3.8, 4) is 17.2 Å². The summed E-state index contributed by atoms with van der Waals surface area (Å²) in [7, 11) is 1.47. The number of phenols is 1. The van der Waals surface area contributed by atoms with Gasteiger partial charge in [-0.25, -0.2) is 0 Å². The van der Waals surface area contributed by atoms with Crippen molar-refractivity contribution in [2.24, 2.45) is 0 Å². The molecule has 0 saturated carbocycles. The highest BCUT2D eigenvalue weighted by molar-refractivity contribution is 14.1. The van der Waals surface area contributed by atoms with E-state index in [1.807, 2.05) is 52.9 Å². The smallest absolute Gasteiger partial charge is 0.171 e. The van der Waals surface area contributed by atoms with Crippen LogP contribution in [-0.2, 0) is 0 Å². The maximum Gasteiger partial charge on any atom is 0.171 e. The number of furan rings is 1. The van der Waals surface area contributed by atoms with Crippen LogP contribution >= 0.6 is 22.6 Å². The summed E-state index contributed by atoms with van der Waals surface area (Å²) >= 11 is 1.99. The summed E-state index contributed by atoms with van der Waals surface area (Å²) < 4.78 is 16.9. The van der Waals surface area contributed by atoms with Gasteiger partial charge in [0.25, 0.3) is 0 Å². The first-order chi connectivity index (χ1) is 15.5. The first kappa shape index (κ1) is 23.9. The summed E-state index contributed by atoms with van der Waals surface area (Å²) in [6.07, 6.45) is 2.16. The summed E-state index contributed by atoms with van der Waals surface area (Å²) in [6, 6.07) is 16.1. The Kier molecular flexibility index (Phi) is 8.81. The van der Waals surface area contributed by atoms with Crippen molar-refractivity contribution in [3.05, 3.63) is 93.1 Å². The van der Waals surface area contributed by atoms with E-state index >= 15 is 0 Å². The van der Waals surface area contributed by atoms with Crippen LogP contribution in [0.15, 0.2) is 82.7 Å². The second-order valence-corrected chi connectivity index (χ2v) is 8.26. The molecule has 7 heteroatoms. The van der Waals surface area contributed by atoms with Gasteiger partial charge in [-0.15, -0.1) is 5.73 Å². The van der Waals surface area contributed by atoms with Crippen molar-refractivity contribution in [2.75, 3.05) is 13.7 Å². The molecule has 32 heavy (non-hydrogen) atoms. The molecule has 1 aromatic heterocycles. The van der Waals surface area contributed by atoms with Gasteiger partial charge in [-0.1, -0.05) is 18.2 Å². The number of aliphatic hydroxyl groups is 2. The molecule has 6 nitrogen and oxygen atoms in total. The molecule has 2 aromatic carbocycles. The topological polar surface area (TPSA) is 92.3 Å². The van der Waals surface area contributed by atoms with Crippen LogP contribution in [0.25, 0.3) is 0 Å². The third-order valence-electron chi connectivity index (χ3n) is 4.77. The van der Waals surface area contributed by atoms with Crippen molar-refractivity contribution in [1.29, 1.82) is 0 Å². The lowest BCUT2D eigenvalue weighted by molar-refractivity contribution is 0.146. The van der Waals surface area contributed by atoms with E-state index in [0.29, 0.717) is 26.4 Å². The molecule has 0 aliphatic rings. The molecule has 3 aromatic rings. The Morgan fingerprint density at radius 2 is 1.91 bits per heavy atom. The van der Waals surface area contributed by atoms with Crippen molar-refractivity contribution in [3.63, 3.8) is 0 Å². The number of methoxy groups -OCH3 is 1. The second kappa shape index (κ2) is 11.8. The Balaban J connectivity index is 1.74. The van der Waals surface area contributed by atoms with Gasteiger partial charge in [0, 0.05) is 18.4 Å². The average molecular weight is 548 g/mol. The van der Waals surface area contributed by atoms with Crippen molar-refractivity contribution in [1.82, 2.24) is 0 Å². The zero-order valence-electron chi connectivity index (χ0n) is 17.6. The highest BCUT2D eigenvalue weighted by atomic mass is 127. The predicted molar refractivity (Wildman–Crippen MR) is 129 cm³/mol. The molecule has 168 valence electrons. The lowest BCUT2D eigenvalue weighted by Crippen LogP contribution is -2.05. The van der Waals surface area contributed by atoms with Crippen LogP contribution < -0.4 is 9.47 Å².